The van der Waals surface area contributed by atoms with Gasteiger partial charge >= 0.3 is 6.87 Å². The van der Waals surface area contributed by atoms with Gasteiger partial charge in [0.05, 0.1) is 30.9 Å². The lowest BCUT2D eigenvalue weighted by Gasteiger charge is -2.40. The molecule has 0 radical (unpaired) electrons. The molecule has 15 heteroatoms. The smallest absolute Gasteiger partial charge is 0.362 e. The number of nitrogens with one attached hydrogen (secondary N) is 2. The highest BCUT2D eigenvalue weighted by Crippen LogP contribution is 2.54. The maximum absolute atomic E-state index is 13.1. The molecule has 1 saturated heterocycles. The van der Waals surface area contributed by atoms with Crippen molar-refractivity contribution in [3.63, 3.8) is 0 Å². The fourth-order valence-electron chi connectivity index (χ4n) is 6.06. The van der Waals surface area contributed by atoms with Crippen LogP contribution in [0.1, 0.15) is 39.7 Å². The minimum atomic E-state index is -3.66. The Balaban J connectivity index is 1.47. The Morgan fingerprint density at radius 1 is 1.04 bits per heavy atom. The van der Waals surface area contributed by atoms with E-state index in [-0.39, 0.29) is 18.1 Å². The van der Waals surface area contributed by atoms with Gasteiger partial charge in [-0.15, -0.1) is 0 Å². The minimum absolute atomic E-state index is 0.115. The van der Waals surface area contributed by atoms with Gasteiger partial charge in [0, 0.05) is 32.1 Å². The van der Waals surface area contributed by atoms with Gasteiger partial charge in [-0.25, -0.2) is 14.6 Å². The zero-order chi connectivity index (χ0) is 35.5. The second kappa shape index (κ2) is 14.8. The quantitative estimate of drug-likeness (QED) is 0.0540. The number of H-pyrrole nitrogens is 1. The highest BCUT2D eigenvalue weighted by atomic mass is 35.7. The molecule has 6 rings (SSSR count). The molecule has 3 aromatic carbocycles. The Labute approximate surface area is 294 Å². The zero-order valence-electron chi connectivity index (χ0n) is 28.0. The Morgan fingerprint density at radius 2 is 1.66 bits per heavy atom. The van der Waals surface area contributed by atoms with E-state index in [1.165, 1.54) is 17.3 Å². The normalized spacial score (nSPS) is 19.3. The standard InChI is InChI=1S/C35H38ClN8O5P/c1-42(2)22-38-34-39-32-31(33(46)40-34)37-23-44(32)30-19-28(29(49-30)21-48-50(36,47)43(3)4)41-35(25-11-7-5-8-12-25,26-13-9-6-10-14-26)27-17-15-24(20-45)16-18-27/h5-18,20,22-23,28-30,41H,19,21H2,1-4H3,(H,39,40,46). The monoisotopic (exact) mass is 716 g/mol. The number of rotatable bonds is 13. The number of fused-ring (bicyclic) bond motifs is 1. The van der Waals surface area contributed by atoms with Crippen molar-refractivity contribution in [1.82, 2.24) is 34.4 Å². The summed E-state index contributed by atoms with van der Waals surface area (Å²) in [5.41, 5.74) is 2.35. The average Bonchev–Trinajstić information content (AvgIpc) is 3.73. The number of benzene rings is 3. The third kappa shape index (κ3) is 7.20. The van der Waals surface area contributed by atoms with Gasteiger partial charge in [-0.1, -0.05) is 84.9 Å². The number of carbonyl (C=O) groups is 1. The van der Waals surface area contributed by atoms with E-state index in [1.54, 1.807) is 35.7 Å². The van der Waals surface area contributed by atoms with E-state index in [0.717, 1.165) is 23.0 Å². The summed E-state index contributed by atoms with van der Waals surface area (Å²) in [5.74, 6) is 0.116. The molecule has 1 aliphatic rings. The molecule has 0 aliphatic carbocycles. The lowest BCUT2D eigenvalue weighted by molar-refractivity contribution is -0.0215. The third-order valence-electron chi connectivity index (χ3n) is 8.55. The molecule has 260 valence electrons. The maximum atomic E-state index is 13.1. The zero-order valence-corrected chi connectivity index (χ0v) is 29.7. The molecule has 2 N–H and O–H groups in total. The molecule has 4 atom stereocenters. The van der Waals surface area contributed by atoms with Crippen molar-refractivity contribution in [3.8, 4) is 0 Å². The second-order valence-electron chi connectivity index (χ2n) is 12.4. The van der Waals surface area contributed by atoms with Gasteiger partial charge in [-0.05, 0) is 42.0 Å². The molecule has 0 bridgehead atoms. The topological polar surface area (TPSA) is 147 Å². The maximum Gasteiger partial charge on any atom is 0.362 e. The van der Waals surface area contributed by atoms with Gasteiger partial charge in [0.2, 0.25) is 5.95 Å². The van der Waals surface area contributed by atoms with Crippen molar-refractivity contribution in [2.75, 3.05) is 34.8 Å². The predicted octanol–water partition coefficient (Wildman–Crippen LogP) is 5.32. The number of ether oxygens (including phenoxy) is 1. The van der Waals surface area contributed by atoms with Crippen molar-refractivity contribution in [2.45, 2.75) is 30.3 Å². The molecule has 3 heterocycles. The number of carbonyl (C=O) groups excluding carboxylic acids is 1. The molecule has 13 nitrogen and oxygen atoms in total. The van der Waals surface area contributed by atoms with Gasteiger partial charge in [0.1, 0.15) is 12.5 Å². The van der Waals surface area contributed by atoms with Crippen LogP contribution in [0.5, 0.6) is 0 Å². The SMILES string of the molecule is CN(C)C=Nc1nc2c(ncn2C2CC(NC(c3ccccc3)(c3ccccc3)c3ccc(C=O)cc3)C(COP(=O)(Cl)N(C)C)O2)c(=O)[nH]1. The number of aliphatic imine (C=N–C) groups is 1. The molecular weight excluding hydrogens is 679 g/mol. The van der Waals surface area contributed by atoms with Crippen LogP contribution in [0.2, 0.25) is 0 Å². The molecule has 0 spiro atoms. The molecule has 5 aromatic rings. The second-order valence-corrected chi connectivity index (χ2v) is 15.6. The molecule has 4 unspecified atom stereocenters. The first-order chi connectivity index (χ1) is 24.0. The molecule has 0 saturated carbocycles. The van der Waals surface area contributed by atoms with Gasteiger partial charge in [-0.3, -0.25) is 29.0 Å². The Bertz CT molecular complexity index is 2030. The first kappa shape index (κ1) is 35.3. The summed E-state index contributed by atoms with van der Waals surface area (Å²) in [6.45, 7) is -3.77. The van der Waals surface area contributed by atoms with E-state index in [2.05, 4.69) is 25.3 Å². The molecule has 1 aliphatic heterocycles. The average molecular weight is 717 g/mol. The van der Waals surface area contributed by atoms with Crippen LogP contribution >= 0.6 is 18.1 Å². The van der Waals surface area contributed by atoms with Gasteiger partial charge in [0.15, 0.2) is 11.2 Å². The highest BCUT2D eigenvalue weighted by Gasteiger charge is 2.45. The molecule has 1 fully saturated rings. The summed E-state index contributed by atoms with van der Waals surface area (Å²) < 4.78 is 28.7. The summed E-state index contributed by atoms with van der Waals surface area (Å²) in [4.78, 5) is 42.2. The van der Waals surface area contributed by atoms with Crippen LogP contribution in [0.4, 0.5) is 5.95 Å². The summed E-state index contributed by atoms with van der Waals surface area (Å²) >= 11 is 6.32. The van der Waals surface area contributed by atoms with Crippen LogP contribution in [0, 0.1) is 0 Å². The van der Waals surface area contributed by atoms with E-state index in [9.17, 15) is 14.2 Å². The van der Waals surface area contributed by atoms with Crippen molar-refractivity contribution < 1.29 is 18.6 Å². The van der Waals surface area contributed by atoms with Crippen LogP contribution in [0.15, 0.2) is 101 Å². The molecule has 50 heavy (non-hydrogen) atoms. The largest absolute Gasteiger partial charge is 0.369 e. The Morgan fingerprint density at radius 3 is 2.24 bits per heavy atom. The number of halogens is 1. The number of aromatic nitrogens is 4. The van der Waals surface area contributed by atoms with Crippen molar-refractivity contribution in [1.29, 1.82) is 0 Å². The number of imidazole rings is 1. The summed E-state index contributed by atoms with van der Waals surface area (Å²) in [6.07, 6.45) is 2.89. The first-order valence-corrected chi connectivity index (χ1v) is 18.4. The van der Waals surface area contributed by atoms with E-state index in [4.69, 9.17) is 20.5 Å². The predicted molar refractivity (Wildman–Crippen MR) is 193 cm³/mol. The lowest BCUT2D eigenvalue weighted by atomic mass is 9.76. The van der Waals surface area contributed by atoms with Crippen LogP contribution in [0.3, 0.4) is 0 Å². The van der Waals surface area contributed by atoms with Gasteiger partial charge < -0.3 is 14.2 Å². The van der Waals surface area contributed by atoms with Crippen LogP contribution in [-0.4, -0.2) is 88.7 Å². The van der Waals surface area contributed by atoms with E-state index in [1.807, 2.05) is 86.9 Å². The van der Waals surface area contributed by atoms with Crippen LogP contribution in [0.25, 0.3) is 11.2 Å². The minimum Gasteiger partial charge on any atom is -0.369 e. The van der Waals surface area contributed by atoms with Crippen LogP contribution in [-0.2, 0) is 19.4 Å². The van der Waals surface area contributed by atoms with E-state index >= 15 is 0 Å². The van der Waals surface area contributed by atoms with Crippen molar-refractivity contribution in [3.05, 3.63) is 124 Å². The van der Waals surface area contributed by atoms with Crippen LogP contribution < -0.4 is 10.9 Å². The Hall–Kier alpha value is -4.49. The van der Waals surface area contributed by atoms with Crippen molar-refractivity contribution in [2.24, 2.45) is 4.99 Å². The lowest BCUT2D eigenvalue weighted by Crippen LogP contribution is -2.53. The van der Waals surface area contributed by atoms with E-state index < -0.39 is 36.3 Å². The summed E-state index contributed by atoms with van der Waals surface area (Å²) in [5, 5.41) is 3.94. The first-order valence-electron chi connectivity index (χ1n) is 15.9. The van der Waals surface area contributed by atoms with Crippen molar-refractivity contribution >= 4 is 47.8 Å². The third-order valence-corrected chi connectivity index (χ3v) is 11.2. The highest BCUT2D eigenvalue weighted by molar-refractivity contribution is 7.83. The molecule has 0 amide bonds. The number of aldehydes is 1. The summed E-state index contributed by atoms with van der Waals surface area (Å²) in [7, 11) is 6.78. The summed E-state index contributed by atoms with van der Waals surface area (Å²) in [6, 6.07) is 27.0. The van der Waals surface area contributed by atoms with E-state index in [0.29, 0.717) is 17.6 Å². The number of hydrogen-bond donors (Lipinski definition) is 2. The van der Waals surface area contributed by atoms with Gasteiger partial charge in [-0.2, -0.15) is 4.98 Å². The molecule has 2 aromatic heterocycles. The fraction of sp³-hybridized carbons (Fsp3) is 0.286. The number of nitrogens with zero attached hydrogens (tertiary/aromatic N) is 6. The number of aromatic amines is 1. The Kier molecular flexibility index (Phi) is 10.4. The number of hydrogen-bond acceptors (Lipinski definition) is 9. The molecular formula is C35H38ClN8O5P. The fourth-order valence-corrected chi connectivity index (χ4v) is 6.79. The van der Waals surface area contributed by atoms with Gasteiger partial charge in [0.25, 0.3) is 5.56 Å².